The minimum Gasteiger partial charge on any atom is -0.496 e. The van der Waals surface area contributed by atoms with Crippen LogP contribution in [0.4, 0.5) is 5.69 Å². The third kappa shape index (κ3) is 4.17. The number of hydrogen-bond acceptors (Lipinski definition) is 4. The van der Waals surface area contributed by atoms with E-state index in [1.54, 1.807) is 6.07 Å². The molecule has 0 aliphatic heterocycles. The van der Waals surface area contributed by atoms with Gasteiger partial charge in [0.05, 0.1) is 18.1 Å². The van der Waals surface area contributed by atoms with Gasteiger partial charge in [-0.05, 0) is 30.4 Å². The Morgan fingerprint density at radius 3 is 2.76 bits per heavy atom. The number of nitro benzene ring substituents is 1. The summed E-state index contributed by atoms with van der Waals surface area (Å²) >= 11 is 0. The monoisotopic (exact) mass is 292 g/mol. The highest BCUT2D eigenvalue weighted by atomic mass is 16.6. The molecule has 1 fully saturated rings. The maximum Gasteiger partial charge on any atom is 0.273 e. The van der Waals surface area contributed by atoms with Gasteiger partial charge in [-0.2, -0.15) is 0 Å². The van der Waals surface area contributed by atoms with E-state index in [4.69, 9.17) is 4.74 Å². The van der Waals surface area contributed by atoms with E-state index < -0.39 is 0 Å². The Hall–Kier alpha value is -1.62. The third-order valence-electron chi connectivity index (χ3n) is 4.40. The van der Waals surface area contributed by atoms with Crippen LogP contribution in [-0.2, 0) is 6.54 Å². The maximum absolute atomic E-state index is 11.0. The van der Waals surface area contributed by atoms with Crippen molar-refractivity contribution in [1.82, 2.24) is 5.32 Å². The van der Waals surface area contributed by atoms with Crippen molar-refractivity contribution in [3.05, 3.63) is 33.9 Å². The summed E-state index contributed by atoms with van der Waals surface area (Å²) in [6.07, 6.45) is 6.26. The number of non-ortho nitro benzene ring substituents is 1. The average molecular weight is 292 g/mol. The molecule has 1 aromatic rings. The number of methoxy groups -OCH3 is 1. The molecular formula is C16H24N2O3. The molecule has 1 saturated carbocycles. The smallest absolute Gasteiger partial charge is 0.273 e. The minimum absolute atomic E-state index is 0.0850. The third-order valence-corrected chi connectivity index (χ3v) is 4.40. The van der Waals surface area contributed by atoms with E-state index >= 15 is 0 Å². The van der Waals surface area contributed by atoms with E-state index in [1.165, 1.54) is 45.3 Å². The van der Waals surface area contributed by atoms with Gasteiger partial charge >= 0.3 is 0 Å². The second kappa shape index (κ2) is 7.41. The van der Waals surface area contributed by atoms with Crippen LogP contribution in [-0.4, -0.2) is 18.1 Å². The molecule has 0 saturated heterocycles. The van der Waals surface area contributed by atoms with Crippen molar-refractivity contribution < 1.29 is 9.66 Å². The Morgan fingerprint density at radius 2 is 2.10 bits per heavy atom. The fourth-order valence-electron chi connectivity index (χ4n) is 3.18. The fourth-order valence-corrected chi connectivity index (χ4v) is 3.18. The van der Waals surface area contributed by atoms with Crippen LogP contribution >= 0.6 is 0 Å². The standard InChI is InChI=1S/C16H24N2O3/c1-3-13-6-4-5-7-16(13)17-11-12-8-14(18(19)20)10-15(9-12)21-2/h8-10,13,16-17H,3-7,11H2,1-2H3. The Labute approximate surface area is 125 Å². The largest absolute Gasteiger partial charge is 0.496 e. The molecule has 5 heteroatoms. The van der Waals surface area contributed by atoms with Gasteiger partial charge in [-0.3, -0.25) is 10.1 Å². The second-order valence-corrected chi connectivity index (χ2v) is 5.74. The molecule has 21 heavy (non-hydrogen) atoms. The molecular weight excluding hydrogens is 268 g/mol. The molecule has 2 atom stereocenters. The van der Waals surface area contributed by atoms with Crippen LogP contribution in [0.3, 0.4) is 0 Å². The molecule has 0 heterocycles. The predicted octanol–water partition coefficient (Wildman–Crippen LogP) is 3.66. The first kappa shape index (κ1) is 15.8. The summed E-state index contributed by atoms with van der Waals surface area (Å²) < 4.78 is 5.15. The van der Waals surface area contributed by atoms with E-state index in [2.05, 4.69) is 12.2 Å². The topological polar surface area (TPSA) is 64.4 Å². The van der Waals surface area contributed by atoms with E-state index in [-0.39, 0.29) is 10.6 Å². The van der Waals surface area contributed by atoms with Crippen LogP contribution in [0.5, 0.6) is 5.75 Å². The second-order valence-electron chi connectivity index (χ2n) is 5.74. The van der Waals surface area contributed by atoms with E-state index in [0.717, 1.165) is 11.5 Å². The van der Waals surface area contributed by atoms with Gasteiger partial charge in [-0.15, -0.1) is 0 Å². The summed E-state index contributed by atoms with van der Waals surface area (Å²) in [4.78, 5) is 10.6. The molecule has 116 valence electrons. The highest BCUT2D eigenvalue weighted by Gasteiger charge is 2.23. The van der Waals surface area contributed by atoms with Crippen molar-refractivity contribution in [3.8, 4) is 5.75 Å². The van der Waals surface area contributed by atoms with E-state index in [0.29, 0.717) is 18.3 Å². The maximum atomic E-state index is 11.0. The van der Waals surface area contributed by atoms with Crippen molar-refractivity contribution in [2.24, 2.45) is 5.92 Å². The van der Waals surface area contributed by atoms with Gasteiger partial charge in [-0.1, -0.05) is 26.2 Å². The van der Waals surface area contributed by atoms with E-state index in [1.807, 2.05) is 6.07 Å². The highest BCUT2D eigenvalue weighted by Crippen LogP contribution is 2.28. The van der Waals surface area contributed by atoms with Crippen LogP contribution in [0.2, 0.25) is 0 Å². The number of nitrogens with zero attached hydrogens (tertiary/aromatic N) is 1. The van der Waals surface area contributed by atoms with Crippen molar-refractivity contribution >= 4 is 5.69 Å². The van der Waals surface area contributed by atoms with Gasteiger partial charge in [0.2, 0.25) is 0 Å². The molecule has 2 rings (SSSR count). The summed E-state index contributed by atoms with van der Waals surface area (Å²) in [5.41, 5.74) is 0.989. The number of hydrogen-bond donors (Lipinski definition) is 1. The molecule has 0 radical (unpaired) electrons. The van der Waals surface area contributed by atoms with Gasteiger partial charge in [0.15, 0.2) is 0 Å². The molecule has 1 N–H and O–H groups in total. The van der Waals surface area contributed by atoms with Crippen LogP contribution in [0.15, 0.2) is 18.2 Å². The van der Waals surface area contributed by atoms with Crippen molar-refractivity contribution in [3.63, 3.8) is 0 Å². The molecule has 1 aliphatic rings. The number of ether oxygens (including phenoxy) is 1. The summed E-state index contributed by atoms with van der Waals surface area (Å²) in [6.45, 7) is 2.89. The molecule has 2 unspecified atom stereocenters. The van der Waals surface area contributed by atoms with Crippen LogP contribution in [0.25, 0.3) is 0 Å². The zero-order valence-electron chi connectivity index (χ0n) is 12.8. The molecule has 0 aromatic heterocycles. The Bertz CT molecular complexity index is 490. The van der Waals surface area contributed by atoms with Crippen LogP contribution in [0.1, 0.15) is 44.6 Å². The summed E-state index contributed by atoms with van der Waals surface area (Å²) in [5, 5.41) is 14.5. The number of nitrogens with one attached hydrogen (secondary N) is 1. The average Bonchev–Trinajstić information content (AvgIpc) is 2.52. The molecule has 5 nitrogen and oxygen atoms in total. The first-order valence-electron chi connectivity index (χ1n) is 7.69. The molecule has 0 amide bonds. The highest BCUT2D eigenvalue weighted by molar-refractivity contribution is 5.42. The quantitative estimate of drug-likeness (QED) is 0.642. The summed E-state index contributed by atoms with van der Waals surface area (Å²) in [7, 11) is 1.53. The molecule has 1 aliphatic carbocycles. The molecule has 0 bridgehead atoms. The van der Waals surface area contributed by atoms with Crippen LogP contribution in [0, 0.1) is 16.0 Å². The Morgan fingerprint density at radius 1 is 1.33 bits per heavy atom. The summed E-state index contributed by atoms with van der Waals surface area (Å²) in [6, 6.07) is 5.47. The van der Waals surface area contributed by atoms with Crippen molar-refractivity contribution in [1.29, 1.82) is 0 Å². The van der Waals surface area contributed by atoms with Gasteiger partial charge < -0.3 is 10.1 Å². The zero-order valence-corrected chi connectivity index (χ0v) is 12.8. The van der Waals surface area contributed by atoms with Gasteiger partial charge in [0.25, 0.3) is 5.69 Å². The normalized spacial score (nSPS) is 22.0. The van der Waals surface area contributed by atoms with Crippen LogP contribution < -0.4 is 10.1 Å². The first-order valence-corrected chi connectivity index (χ1v) is 7.69. The van der Waals surface area contributed by atoms with Gasteiger partial charge in [0, 0.05) is 18.7 Å². The Balaban J connectivity index is 2.04. The molecule has 1 aromatic carbocycles. The van der Waals surface area contributed by atoms with Crippen molar-refractivity contribution in [2.75, 3.05) is 7.11 Å². The zero-order chi connectivity index (χ0) is 15.2. The fraction of sp³-hybridized carbons (Fsp3) is 0.625. The van der Waals surface area contributed by atoms with E-state index in [9.17, 15) is 10.1 Å². The number of rotatable bonds is 6. The number of nitro groups is 1. The lowest BCUT2D eigenvalue weighted by Gasteiger charge is -2.31. The minimum atomic E-state index is -0.374. The lowest BCUT2D eigenvalue weighted by Crippen LogP contribution is -2.37. The van der Waals surface area contributed by atoms with Gasteiger partial charge in [0.1, 0.15) is 5.75 Å². The first-order chi connectivity index (χ1) is 10.1. The lowest BCUT2D eigenvalue weighted by atomic mass is 9.83. The SMILES string of the molecule is CCC1CCCCC1NCc1cc(OC)cc([N+](=O)[O-])c1. The summed E-state index contributed by atoms with van der Waals surface area (Å²) in [5.74, 6) is 1.26. The number of benzene rings is 1. The Kier molecular flexibility index (Phi) is 5.56. The predicted molar refractivity (Wildman–Crippen MR) is 82.5 cm³/mol. The molecule has 0 spiro atoms. The van der Waals surface area contributed by atoms with Gasteiger partial charge in [-0.25, -0.2) is 0 Å². The van der Waals surface area contributed by atoms with Crippen molar-refractivity contribution in [2.45, 2.75) is 51.6 Å². The lowest BCUT2D eigenvalue weighted by molar-refractivity contribution is -0.385.